The monoisotopic (exact) mass is 303 g/mol. The van der Waals surface area contributed by atoms with Crippen molar-refractivity contribution in [2.24, 2.45) is 5.73 Å². The summed E-state index contributed by atoms with van der Waals surface area (Å²) < 4.78 is 6.49. The Morgan fingerprint density at radius 3 is 3.00 bits per heavy atom. The molecule has 0 spiro atoms. The average molecular weight is 303 g/mol. The molecule has 0 aliphatic heterocycles. The Labute approximate surface area is 98.0 Å². The zero-order valence-corrected chi connectivity index (χ0v) is 10.4. The zero-order valence-electron chi connectivity index (χ0n) is 8.22. The quantitative estimate of drug-likeness (QED) is 0.810. The molecular weight excluding hydrogens is 289 g/mol. The van der Waals surface area contributed by atoms with Gasteiger partial charge in [0.05, 0.1) is 10.7 Å². The van der Waals surface area contributed by atoms with Crippen LogP contribution in [0.25, 0.3) is 0 Å². The number of hydrogen-bond acceptors (Lipinski definition) is 2. The summed E-state index contributed by atoms with van der Waals surface area (Å²) in [5.74, 6) is 0.946. The number of hydrogen-bond donors (Lipinski definition) is 1. The molecule has 1 unspecified atom stereocenters. The minimum atomic E-state index is 0.195. The van der Waals surface area contributed by atoms with E-state index in [9.17, 15) is 0 Å². The van der Waals surface area contributed by atoms with Gasteiger partial charge in [0.15, 0.2) is 0 Å². The maximum Gasteiger partial charge on any atom is 0.132 e. The van der Waals surface area contributed by atoms with Crippen molar-refractivity contribution >= 4 is 22.6 Å². The molecular formula is C11H14INO. The second-order valence-corrected chi connectivity index (χ2v) is 4.73. The van der Waals surface area contributed by atoms with E-state index < -0.39 is 0 Å². The number of ether oxygens (including phenoxy) is 1. The molecule has 0 amide bonds. The summed E-state index contributed by atoms with van der Waals surface area (Å²) in [6, 6.07) is 4.38. The molecule has 1 aliphatic rings. The van der Waals surface area contributed by atoms with Crippen molar-refractivity contribution in [1.29, 1.82) is 0 Å². The lowest BCUT2D eigenvalue weighted by atomic mass is 9.88. The number of benzene rings is 1. The van der Waals surface area contributed by atoms with E-state index in [0.29, 0.717) is 0 Å². The van der Waals surface area contributed by atoms with Crippen LogP contribution >= 0.6 is 22.6 Å². The first-order valence-electron chi connectivity index (χ1n) is 4.85. The molecule has 0 aromatic heterocycles. The molecule has 1 aromatic carbocycles. The van der Waals surface area contributed by atoms with Gasteiger partial charge in [-0.1, -0.05) is 6.07 Å². The van der Waals surface area contributed by atoms with Crippen LogP contribution in [0, 0.1) is 3.57 Å². The molecule has 76 valence electrons. The van der Waals surface area contributed by atoms with Crippen molar-refractivity contribution in [3.8, 4) is 5.75 Å². The second kappa shape index (κ2) is 4.06. The van der Waals surface area contributed by atoms with Gasteiger partial charge in [-0.25, -0.2) is 0 Å². The highest BCUT2D eigenvalue weighted by atomic mass is 127. The van der Waals surface area contributed by atoms with Crippen molar-refractivity contribution in [2.75, 3.05) is 7.11 Å². The molecule has 1 aromatic rings. The predicted octanol–water partition coefficient (Wildman–Crippen LogP) is 2.64. The van der Waals surface area contributed by atoms with E-state index >= 15 is 0 Å². The molecule has 0 fully saturated rings. The van der Waals surface area contributed by atoms with E-state index in [1.54, 1.807) is 7.11 Å². The molecule has 0 heterocycles. The Balaban J connectivity index is 2.54. The standard InChI is InChI=1S/C11H14INO/c1-14-9-6-5-7-3-2-4-8(13)10(7)11(9)12/h5-6,8H,2-4,13H2,1H3. The Morgan fingerprint density at radius 2 is 2.29 bits per heavy atom. The minimum absolute atomic E-state index is 0.195. The van der Waals surface area contributed by atoms with Gasteiger partial charge in [0.2, 0.25) is 0 Å². The van der Waals surface area contributed by atoms with Gasteiger partial charge < -0.3 is 10.5 Å². The van der Waals surface area contributed by atoms with Gasteiger partial charge in [0, 0.05) is 6.04 Å². The molecule has 0 radical (unpaired) electrons. The van der Waals surface area contributed by atoms with E-state index in [1.807, 2.05) is 6.07 Å². The van der Waals surface area contributed by atoms with Gasteiger partial charge in [0.1, 0.15) is 5.75 Å². The van der Waals surface area contributed by atoms with Gasteiger partial charge in [-0.05, 0) is 59.0 Å². The summed E-state index contributed by atoms with van der Waals surface area (Å²) in [6.45, 7) is 0. The highest BCUT2D eigenvalue weighted by molar-refractivity contribution is 14.1. The molecule has 0 saturated carbocycles. The second-order valence-electron chi connectivity index (χ2n) is 3.65. The van der Waals surface area contributed by atoms with Crippen LogP contribution in [-0.2, 0) is 6.42 Å². The highest BCUT2D eigenvalue weighted by Gasteiger charge is 2.21. The van der Waals surface area contributed by atoms with E-state index in [4.69, 9.17) is 10.5 Å². The van der Waals surface area contributed by atoms with Crippen molar-refractivity contribution in [1.82, 2.24) is 0 Å². The van der Waals surface area contributed by atoms with Gasteiger partial charge in [0.25, 0.3) is 0 Å². The molecule has 2 nitrogen and oxygen atoms in total. The average Bonchev–Trinajstić information content (AvgIpc) is 2.18. The summed E-state index contributed by atoms with van der Waals surface area (Å²) >= 11 is 2.33. The topological polar surface area (TPSA) is 35.2 Å². The lowest BCUT2D eigenvalue weighted by Gasteiger charge is -2.24. The Hall–Kier alpha value is -0.290. The molecule has 14 heavy (non-hydrogen) atoms. The first kappa shape index (κ1) is 10.2. The first-order valence-corrected chi connectivity index (χ1v) is 5.92. The van der Waals surface area contributed by atoms with Crippen molar-refractivity contribution < 1.29 is 4.74 Å². The van der Waals surface area contributed by atoms with Crippen molar-refractivity contribution in [2.45, 2.75) is 25.3 Å². The molecule has 0 saturated heterocycles. The number of rotatable bonds is 1. The summed E-state index contributed by atoms with van der Waals surface area (Å²) in [7, 11) is 1.71. The SMILES string of the molecule is COc1ccc2c(c1I)C(N)CCC2. The number of methoxy groups -OCH3 is 1. The van der Waals surface area contributed by atoms with E-state index in [0.717, 1.165) is 18.6 Å². The van der Waals surface area contributed by atoms with Gasteiger partial charge in [-0.2, -0.15) is 0 Å². The first-order chi connectivity index (χ1) is 6.74. The minimum Gasteiger partial charge on any atom is -0.496 e. The Kier molecular flexibility index (Phi) is 2.97. The predicted molar refractivity (Wildman–Crippen MR) is 65.6 cm³/mol. The number of aryl methyl sites for hydroxylation is 1. The molecule has 2 N–H and O–H groups in total. The fourth-order valence-electron chi connectivity index (χ4n) is 2.05. The number of halogens is 1. The van der Waals surface area contributed by atoms with Crippen LogP contribution in [0.1, 0.15) is 30.0 Å². The largest absolute Gasteiger partial charge is 0.496 e. The van der Waals surface area contributed by atoms with Crippen molar-refractivity contribution in [3.05, 3.63) is 26.8 Å². The van der Waals surface area contributed by atoms with Crippen molar-refractivity contribution in [3.63, 3.8) is 0 Å². The fourth-order valence-corrected chi connectivity index (χ4v) is 3.19. The summed E-state index contributed by atoms with van der Waals surface area (Å²) in [4.78, 5) is 0. The third-order valence-corrected chi connectivity index (χ3v) is 3.90. The van der Waals surface area contributed by atoms with Gasteiger partial charge >= 0.3 is 0 Å². The Morgan fingerprint density at radius 1 is 1.50 bits per heavy atom. The highest BCUT2D eigenvalue weighted by Crippen LogP contribution is 2.36. The zero-order chi connectivity index (χ0) is 10.1. The smallest absolute Gasteiger partial charge is 0.132 e. The number of fused-ring (bicyclic) bond motifs is 1. The van der Waals surface area contributed by atoms with Crippen LogP contribution in [0.4, 0.5) is 0 Å². The van der Waals surface area contributed by atoms with Crippen LogP contribution in [0.15, 0.2) is 12.1 Å². The molecule has 2 rings (SSSR count). The number of nitrogens with two attached hydrogens (primary N) is 1. The van der Waals surface area contributed by atoms with Crippen LogP contribution in [0.2, 0.25) is 0 Å². The van der Waals surface area contributed by atoms with E-state index in [-0.39, 0.29) is 6.04 Å². The molecule has 1 aliphatic carbocycles. The maximum atomic E-state index is 6.11. The van der Waals surface area contributed by atoms with Crippen LogP contribution in [0.5, 0.6) is 5.75 Å². The lowest BCUT2D eigenvalue weighted by molar-refractivity contribution is 0.409. The summed E-state index contributed by atoms with van der Waals surface area (Å²) in [5.41, 5.74) is 8.81. The van der Waals surface area contributed by atoms with Crippen LogP contribution < -0.4 is 10.5 Å². The summed E-state index contributed by atoms with van der Waals surface area (Å²) in [5, 5.41) is 0. The van der Waals surface area contributed by atoms with Crippen LogP contribution in [-0.4, -0.2) is 7.11 Å². The third-order valence-electron chi connectivity index (χ3n) is 2.79. The Bertz CT molecular complexity index is 351. The molecule has 0 bridgehead atoms. The molecule has 1 atom stereocenters. The normalized spacial score (nSPS) is 20.4. The lowest BCUT2D eigenvalue weighted by Crippen LogP contribution is -2.19. The van der Waals surface area contributed by atoms with Gasteiger partial charge in [-0.3, -0.25) is 0 Å². The van der Waals surface area contributed by atoms with E-state index in [2.05, 4.69) is 28.7 Å². The third kappa shape index (κ3) is 1.63. The van der Waals surface area contributed by atoms with E-state index in [1.165, 1.54) is 21.1 Å². The van der Waals surface area contributed by atoms with Gasteiger partial charge in [-0.15, -0.1) is 0 Å². The maximum absolute atomic E-state index is 6.11. The summed E-state index contributed by atoms with van der Waals surface area (Å²) in [6.07, 6.45) is 3.45. The van der Waals surface area contributed by atoms with Crippen LogP contribution in [0.3, 0.4) is 0 Å². The fraction of sp³-hybridized carbons (Fsp3) is 0.455. The molecule has 3 heteroatoms.